The van der Waals surface area contributed by atoms with E-state index in [9.17, 15) is 9.90 Å². The number of benzene rings is 2. The van der Waals surface area contributed by atoms with Gasteiger partial charge in [0.2, 0.25) is 0 Å². The Balaban J connectivity index is 2.49. The van der Waals surface area contributed by atoms with E-state index in [1.807, 2.05) is 31.2 Å². The maximum absolute atomic E-state index is 11.5. The maximum Gasteiger partial charge on any atom is 0.336 e. The Morgan fingerprint density at radius 1 is 0.909 bits per heavy atom. The highest BCUT2D eigenvalue weighted by Gasteiger charge is 2.34. The first-order chi connectivity index (χ1) is 10.1. The summed E-state index contributed by atoms with van der Waals surface area (Å²) in [7, 11) is 0. The highest BCUT2D eigenvalue weighted by Crippen LogP contribution is 2.34. The quantitative estimate of drug-likeness (QED) is 0.824. The number of aromatic carboxylic acids is 1. The van der Waals surface area contributed by atoms with Gasteiger partial charge in [0.15, 0.2) is 5.41 Å². The predicted molar refractivity (Wildman–Crippen MR) is 90.4 cm³/mol. The Hall–Kier alpha value is -2.22. The number of hydrogen-bond acceptors (Lipinski definition) is 1. The maximum atomic E-state index is 11.5. The van der Waals surface area contributed by atoms with Gasteiger partial charge in [0, 0.05) is 11.1 Å². The fourth-order valence-corrected chi connectivity index (χ4v) is 2.64. The van der Waals surface area contributed by atoms with Gasteiger partial charge in [-0.25, -0.2) is 4.79 Å². The van der Waals surface area contributed by atoms with Crippen molar-refractivity contribution in [1.82, 2.24) is 0 Å². The Bertz CT molecular complexity index is 674. The van der Waals surface area contributed by atoms with Crippen molar-refractivity contribution in [1.29, 1.82) is 0 Å². The second-order valence-electron chi connectivity index (χ2n) is 7.01. The smallest absolute Gasteiger partial charge is 0.336 e. The van der Waals surface area contributed by atoms with Gasteiger partial charge in [-0.3, -0.25) is 0 Å². The number of carboxylic acid groups (broad SMARTS) is 1. The molecule has 0 aliphatic heterocycles. The van der Waals surface area contributed by atoms with Crippen LogP contribution in [-0.4, -0.2) is 11.1 Å². The van der Waals surface area contributed by atoms with E-state index < -0.39 is 11.4 Å². The molecule has 0 aliphatic carbocycles. The van der Waals surface area contributed by atoms with E-state index in [1.165, 1.54) is 5.56 Å². The molecule has 2 heteroatoms. The molecular weight excluding hydrogens is 272 g/mol. The van der Waals surface area contributed by atoms with Crippen LogP contribution in [0.4, 0.5) is 0 Å². The van der Waals surface area contributed by atoms with E-state index in [-0.39, 0.29) is 5.41 Å². The summed E-state index contributed by atoms with van der Waals surface area (Å²) in [5.74, 6) is -0.920. The molecule has 1 unspecified atom stereocenters. The summed E-state index contributed by atoms with van der Waals surface area (Å²) < 4.78 is 0. The zero-order chi connectivity index (χ0) is 16.5. The van der Waals surface area contributed by atoms with Gasteiger partial charge in [0.05, 0.1) is 12.5 Å². The zero-order valence-electron chi connectivity index (χ0n) is 13.7. The van der Waals surface area contributed by atoms with Crippen molar-refractivity contribution >= 4 is 5.97 Å². The summed E-state index contributed by atoms with van der Waals surface area (Å²) in [5, 5.41) is 9.40. The summed E-state index contributed by atoms with van der Waals surface area (Å²) in [6.45, 7) is 12.8. The fraction of sp³-hybridized carbons (Fsp3) is 0.300. The second-order valence-corrected chi connectivity index (χ2v) is 7.01. The molecular formula is C20H23O2+. The third-order valence-electron chi connectivity index (χ3n) is 4.14. The molecule has 0 heterocycles. The molecule has 2 nitrogen and oxygen atoms in total. The van der Waals surface area contributed by atoms with Crippen LogP contribution in [0.25, 0.3) is 0 Å². The van der Waals surface area contributed by atoms with Gasteiger partial charge in [-0.05, 0) is 24.0 Å². The molecule has 0 radical (unpaired) electrons. The van der Waals surface area contributed by atoms with Crippen LogP contribution in [0.15, 0.2) is 48.5 Å². The molecule has 1 atom stereocenters. The lowest BCUT2D eigenvalue weighted by Gasteiger charge is -2.23. The van der Waals surface area contributed by atoms with Gasteiger partial charge in [-0.1, -0.05) is 63.2 Å². The number of carboxylic acids is 1. The van der Waals surface area contributed by atoms with Crippen LogP contribution >= 0.6 is 0 Å². The molecule has 0 saturated carbocycles. The summed E-state index contributed by atoms with van der Waals surface area (Å²) >= 11 is 0. The highest BCUT2D eigenvalue weighted by molar-refractivity contribution is 5.90. The summed E-state index contributed by atoms with van der Waals surface area (Å²) in [6.07, 6.45) is 0. The third kappa shape index (κ3) is 3.01. The van der Waals surface area contributed by atoms with Gasteiger partial charge in [0.25, 0.3) is 0 Å². The normalized spacial score (nSPS) is 14.4. The van der Waals surface area contributed by atoms with Gasteiger partial charge in [-0.2, -0.15) is 0 Å². The van der Waals surface area contributed by atoms with Gasteiger partial charge >= 0.3 is 5.97 Å². The first-order valence-corrected chi connectivity index (χ1v) is 7.43. The van der Waals surface area contributed by atoms with Crippen molar-refractivity contribution in [3.8, 4) is 0 Å². The van der Waals surface area contributed by atoms with Crippen molar-refractivity contribution in [2.24, 2.45) is 0 Å². The first kappa shape index (κ1) is 16.2. The molecule has 0 aliphatic rings. The topological polar surface area (TPSA) is 37.3 Å². The third-order valence-corrected chi connectivity index (χ3v) is 4.14. The van der Waals surface area contributed by atoms with Crippen molar-refractivity contribution in [2.45, 2.75) is 38.5 Å². The van der Waals surface area contributed by atoms with Crippen molar-refractivity contribution in [3.63, 3.8) is 0 Å². The molecule has 2 rings (SSSR count). The zero-order valence-corrected chi connectivity index (χ0v) is 13.7. The minimum atomic E-state index is -0.920. The molecule has 1 N–H and O–H groups in total. The van der Waals surface area contributed by atoms with Crippen LogP contribution < -0.4 is 0 Å². The molecule has 0 bridgehead atoms. The molecule has 114 valence electrons. The summed E-state index contributed by atoms with van der Waals surface area (Å²) in [4.78, 5) is 11.5. The molecule has 0 aromatic heterocycles. The SMILES string of the molecule is [CH2+]C(C)(c1ccc(C(C)(C)C)cc1)c1ccccc1C(=O)O. The Kier molecular flexibility index (Phi) is 4.06. The van der Waals surface area contributed by atoms with Crippen LogP contribution in [0.1, 0.15) is 54.7 Å². The predicted octanol–water partition coefficient (Wildman–Crippen LogP) is 4.82. The molecule has 2 aromatic carbocycles. The average Bonchev–Trinajstić information content (AvgIpc) is 2.46. The van der Waals surface area contributed by atoms with Crippen LogP contribution in [0, 0.1) is 6.92 Å². The molecule has 0 amide bonds. The summed E-state index contributed by atoms with van der Waals surface area (Å²) in [6, 6.07) is 15.4. The Morgan fingerprint density at radius 3 is 1.91 bits per heavy atom. The lowest BCUT2D eigenvalue weighted by molar-refractivity contribution is 0.0694. The second kappa shape index (κ2) is 5.53. The first-order valence-electron chi connectivity index (χ1n) is 7.43. The number of rotatable bonds is 3. The van der Waals surface area contributed by atoms with E-state index in [2.05, 4.69) is 39.8 Å². The largest absolute Gasteiger partial charge is 0.478 e. The lowest BCUT2D eigenvalue weighted by Crippen LogP contribution is -2.23. The highest BCUT2D eigenvalue weighted by atomic mass is 16.4. The molecule has 2 aromatic rings. The van der Waals surface area contributed by atoms with Crippen LogP contribution in [0.5, 0.6) is 0 Å². The minimum absolute atomic E-state index is 0.0923. The van der Waals surface area contributed by atoms with Crippen molar-refractivity contribution < 1.29 is 9.90 Å². The Morgan fingerprint density at radius 2 is 1.41 bits per heavy atom. The standard InChI is InChI=1S/C20H22O2/c1-19(2,3)14-10-12-15(13-11-14)20(4,5)17-9-7-6-8-16(17)18(21)22/h6-13H,4H2,1-3,5H3/p+1. The fourth-order valence-electron chi connectivity index (χ4n) is 2.64. The van der Waals surface area contributed by atoms with E-state index >= 15 is 0 Å². The number of carbonyl (C=O) groups is 1. The van der Waals surface area contributed by atoms with Crippen molar-refractivity contribution in [3.05, 3.63) is 77.7 Å². The van der Waals surface area contributed by atoms with Gasteiger partial charge in [-0.15, -0.1) is 0 Å². The monoisotopic (exact) mass is 295 g/mol. The van der Waals surface area contributed by atoms with E-state index in [0.29, 0.717) is 5.56 Å². The van der Waals surface area contributed by atoms with E-state index in [1.54, 1.807) is 12.1 Å². The van der Waals surface area contributed by atoms with Gasteiger partial charge in [0.1, 0.15) is 0 Å². The van der Waals surface area contributed by atoms with E-state index in [0.717, 1.165) is 11.1 Å². The van der Waals surface area contributed by atoms with Crippen molar-refractivity contribution in [2.75, 3.05) is 0 Å². The minimum Gasteiger partial charge on any atom is -0.478 e. The molecule has 0 saturated heterocycles. The lowest BCUT2D eigenvalue weighted by atomic mass is 9.75. The summed E-state index contributed by atoms with van der Waals surface area (Å²) in [5.41, 5.74) is 2.78. The molecule has 22 heavy (non-hydrogen) atoms. The Labute approximate surface area is 132 Å². The molecule has 0 spiro atoms. The number of hydrogen-bond donors (Lipinski definition) is 1. The van der Waals surface area contributed by atoms with Gasteiger partial charge < -0.3 is 5.11 Å². The van der Waals surface area contributed by atoms with Crippen LogP contribution in [-0.2, 0) is 10.8 Å². The van der Waals surface area contributed by atoms with Crippen LogP contribution in [0.2, 0.25) is 0 Å². The average molecular weight is 295 g/mol. The van der Waals surface area contributed by atoms with Crippen LogP contribution in [0.3, 0.4) is 0 Å². The van der Waals surface area contributed by atoms with E-state index in [4.69, 9.17) is 0 Å². The molecule has 0 fully saturated rings.